The maximum atomic E-state index is 11.9. The number of amides is 1. The van der Waals surface area contributed by atoms with Crippen molar-refractivity contribution in [2.45, 2.75) is 32.1 Å². The van der Waals surface area contributed by atoms with Gasteiger partial charge in [0.15, 0.2) is 0 Å². The van der Waals surface area contributed by atoms with Crippen LogP contribution in [0.4, 0.5) is 0 Å². The van der Waals surface area contributed by atoms with Crippen LogP contribution in [0.1, 0.15) is 32.1 Å². The van der Waals surface area contributed by atoms with Gasteiger partial charge in [-0.2, -0.15) is 0 Å². The summed E-state index contributed by atoms with van der Waals surface area (Å²) in [5.41, 5.74) is 0. The second kappa shape index (κ2) is 6.74. The minimum atomic E-state index is 0.0903. The highest BCUT2D eigenvalue weighted by Gasteiger charge is 2.28. The third kappa shape index (κ3) is 3.68. The average molecular weight is 304 g/mol. The van der Waals surface area contributed by atoms with Crippen LogP contribution < -0.4 is 5.32 Å². The molecule has 0 aromatic carbocycles. The van der Waals surface area contributed by atoms with E-state index in [1.807, 2.05) is 0 Å². The summed E-state index contributed by atoms with van der Waals surface area (Å²) >= 11 is 3.57. The Kier molecular flexibility index (Phi) is 5.29. The molecule has 1 heterocycles. The molecule has 1 saturated heterocycles. The van der Waals surface area contributed by atoms with Crippen LogP contribution in [-0.2, 0) is 9.53 Å². The summed E-state index contributed by atoms with van der Waals surface area (Å²) in [5, 5.41) is 4.19. The van der Waals surface area contributed by atoms with E-state index < -0.39 is 0 Å². The lowest BCUT2D eigenvalue weighted by Crippen LogP contribution is -2.38. The minimum Gasteiger partial charge on any atom is -0.381 e. The van der Waals surface area contributed by atoms with Gasteiger partial charge in [-0.15, -0.1) is 0 Å². The first-order valence-corrected chi connectivity index (χ1v) is 7.85. The zero-order chi connectivity index (χ0) is 12.1. The van der Waals surface area contributed by atoms with Crippen molar-refractivity contribution in [2.24, 2.45) is 17.8 Å². The molecule has 1 N–H and O–H groups in total. The first-order chi connectivity index (χ1) is 8.31. The Balaban J connectivity index is 1.71. The van der Waals surface area contributed by atoms with Crippen LogP contribution in [0.5, 0.6) is 0 Å². The summed E-state index contributed by atoms with van der Waals surface area (Å²) in [6.07, 6.45) is 5.88. The maximum absolute atomic E-state index is 11.9. The Morgan fingerprint density at radius 3 is 2.76 bits per heavy atom. The molecule has 3 nitrogen and oxygen atoms in total. The summed E-state index contributed by atoms with van der Waals surface area (Å²) < 4.78 is 5.35. The van der Waals surface area contributed by atoms with Gasteiger partial charge in [0.05, 0.1) is 12.5 Å². The molecule has 1 aliphatic carbocycles. The smallest absolute Gasteiger partial charge is 0.225 e. The van der Waals surface area contributed by atoms with Gasteiger partial charge < -0.3 is 10.1 Å². The number of carbonyl (C=O) groups is 1. The van der Waals surface area contributed by atoms with Gasteiger partial charge in [0.1, 0.15) is 0 Å². The van der Waals surface area contributed by atoms with Crippen molar-refractivity contribution in [1.82, 2.24) is 5.32 Å². The molecule has 1 aliphatic heterocycles. The third-order valence-corrected chi connectivity index (χ3v) is 4.92. The molecule has 2 rings (SSSR count). The highest BCUT2D eigenvalue weighted by molar-refractivity contribution is 9.09. The summed E-state index contributed by atoms with van der Waals surface area (Å²) in [6, 6.07) is 0. The zero-order valence-corrected chi connectivity index (χ0v) is 11.9. The normalized spacial score (nSPS) is 33.6. The summed E-state index contributed by atoms with van der Waals surface area (Å²) in [7, 11) is 0. The number of ether oxygens (including phenoxy) is 1. The Bertz CT molecular complexity index is 254. The van der Waals surface area contributed by atoms with Crippen molar-refractivity contribution in [2.75, 3.05) is 25.1 Å². The summed E-state index contributed by atoms with van der Waals surface area (Å²) in [4.78, 5) is 11.9. The van der Waals surface area contributed by atoms with E-state index in [0.717, 1.165) is 37.2 Å². The fraction of sp³-hybridized carbons (Fsp3) is 0.923. The molecule has 0 bridgehead atoms. The predicted molar refractivity (Wildman–Crippen MR) is 71.2 cm³/mol. The Morgan fingerprint density at radius 1 is 1.24 bits per heavy atom. The van der Waals surface area contributed by atoms with Crippen LogP contribution in [0.25, 0.3) is 0 Å². The fourth-order valence-corrected chi connectivity index (χ4v) is 3.76. The van der Waals surface area contributed by atoms with Crippen LogP contribution in [0.3, 0.4) is 0 Å². The van der Waals surface area contributed by atoms with Crippen LogP contribution in [0.15, 0.2) is 0 Å². The Morgan fingerprint density at radius 2 is 2.06 bits per heavy atom. The van der Waals surface area contributed by atoms with E-state index in [1.54, 1.807) is 0 Å². The first-order valence-electron chi connectivity index (χ1n) is 6.72. The van der Waals surface area contributed by atoms with E-state index in [1.165, 1.54) is 19.3 Å². The topological polar surface area (TPSA) is 38.3 Å². The molecule has 0 radical (unpaired) electrons. The van der Waals surface area contributed by atoms with E-state index in [-0.39, 0.29) is 11.8 Å². The van der Waals surface area contributed by atoms with E-state index in [9.17, 15) is 4.79 Å². The largest absolute Gasteiger partial charge is 0.381 e. The maximum Gasteiger partial charge on any atom is 0.225 e. The molecule has 17 heavy (non-hydrogen) atoms. The molecule has 2 fully saturated rings. The molecule has 1 amide bonds. The molecule has 0 aromatic rings. The van der Waals surface area contributed by atoms with Gasteiger partial charge in [-0.25, -0.2) is 0 Å². The van der Waals surface area contributed by atoms with E-state index >= 15 is 0 Å². The van der Waals surface area contributed by atoms with Crippen molar-refractivity contribution in [1.29, 1.82) is 0 Å². The fourth-order valence-electron chi connectivity index (χ4n) is 2.91. The predicted octanol–water partition coefficient (Wildman–Crippen LogP) is 2.34. The van der Waals surface area contributed by atoms with Gasteiger partial charge in [0.25, 0.3) is 0 Å². The quantitative estimate of drug-likeness (QED) is 0.810. The SMILES string of the molecule is O=C(NCC1CCCC1CBr)C1CCCOC1. The van der Waals surface area contributed by atoms with Gasteiger partial charge in [-0.05, 0) is 37.5 Å². The van der Waals surface area contributed by atoms with Crippen LogP contribution >= 0.6 is 15.9 Å². The molecular formula is C13H22BrNO2. The van der Waals surface area contributed by atoms with Gasteiger partial charge in [-0.1, -0.05) is 22.4 Å². The minimum absolute atomic E-state index is 0.0903. The van der Waals surface area contributed by atoms with Gasteiger partial charge in [0.2, 0.25) is 5.91 Å². The Hall–Kier alpha value is -0.0900. The zero-order valence-electron chi connectivity index (χ0n) is 10.3. The van der Waals surface area contributed by atoms with Gasteiger partial charge in [-0.3, -0.25) is 4.79 Å². The Labute approximate surface area is 112 Å². The molecule has 3 atom stereocenters. The number of alkyl halides is 1. The van der Waals surface area contributed by atoms with Crippen LogP contribution in [0.2, 0.25) is 0 Å². The average Bonchev–Trinajstić information content (AvgIpc) is 2.84. The third-order valence-electron chi connectivity index (χ3n) is 4.08. The lowest BCUT2D eigenvalue weighted by Gasteiger charge is -2.23. The number of carbonyl (C=O) groups excluding carboxylic acids is 1. The van der Waals surface area contributed by atoms with Crippen LogP contribution in [-0.4, -0.2) is 31.0 Å². The second-order valence-corrected chi connectivity index (χ2v) is 5.91. The standard InChI is InChI=1S/C13H22BrNO2/c14-7-10-3-1-4-11(10)8-15-13(16)12-5-2-6-17-9-12/h10-12H,1-9H2,(H,15,16). The van der Waals surface area contributed by atoms with Crippen molar-refractivity contribution in [3.63, 3.8) is 0 Å². The number of rotatable bonds is 4. The second-order valence-electron chi connectivity index (χ2n) is 5.26. The lowest BCUT2D eigenvalue weighted by atomic mass is 9.97. The summed E-state index contributed by atoms with van der Waals surface area (Å²) in [6.45, 7) is 2.28. The number of nitrogens with one attached hydrogen (secondary N) is 1. The number of hydrogen-bond donors (Lipinski definition) is 1. The molecule has 4 heteroatoms. The monoisotopic (exact) mass is 303 g/mol. The molecule has 2 aliphatic rings. The van der Waals surface area contributed by atoms with E-state index in [2.05, 4.69) is 21.2 Å². The molecular weight excluding hydrogens is 282 g/mol. The highest BCUT2D eigenvalue weighted by atomic mass is 79.9. The number of halogens is 1. The first kappa shape index (κ1) is 13.3. The van der Waals surface area contributed by atoms with E-state index in [4.69, 9.17) is 4.74 Å². The van der Waals surface area contributed by atoms with Gasteiger partial charge in [0, 0.05) is 18.5 Å². The molecule has 3 unspecified atom stereocenters. The lowest BCUT2D eigenvalue weighted by molar-refractivity contribution is -0.129. The van der Waals surface area contributed by atoms with E-state index in [0.29, 0.717) is 12.5 Å². The van der Waals surface area contributed by atoms with Crippen molar-refractivity contribution in [3.05, 3.63) is 0 Å². The molecule has 98 valence electrons. The molecule has 1 saturated carbocycles. The molecule has 0 aromatic heterocycles. The number of hydrogen-bond acceptors (Lipinski definition) is 2. The van der Waals surface area contributed by atoms with Crippen molar-refractivity contribution >= 4 is 21.8 Å². The van der Waals surface area contributed by atoms with Crippen LogP contribution in [0, 0.1) is 17.8 Å². The van der Waals surface area contributed by atoms with Crippen molar-refractivity contribution in [3.8, 4) is 0 Å². The summed E-state index contributed by atoms with van der Waals surface area (Å²) in [5.74, 6) is 1.71. The van der Waals surface area contributed by atoms with Gasteiger partial charge >= 0.3 is 0 Å². The van der Waals surface area contributed by atoms with Crippen molar-refractivity contribution < 1.29 is 9.53 Å². The molecule has 0 spiro atoms. The highest BCUT2D eigenvalue weighted by Crippen LogP contribution is 2.32.